The van der Waals surface area contributed by atoms with E-state index in [4.69, 9.17) is 4.52 Å². The summed E-state index contributed by atoms with van der Waals surface area (Å²) in [6.07, 6.45) is 1.58. The molecule has 2 atom stereocenters. The Morgan fingerprint density at radius 1 is 1.45 bits per heavy atom. The Bertz CT molecular complexity index is 504. The molecule has 0 aromatic carbocycles. The average Bonchev–Trinajstić information content (AvgIpc) is 2.70. The number of carboxylic acids is 1. The van der Waals surface area contributed by atoms with Crippen molar-refractivity contribution in [2.24, 2.45) is 5.92 Å². The number of carbonyl (C=O) groups excluding carboxylic acids is 1. The van der Waals surface area contributed by atoms with E-state index in [0.717, 1.165) is 17.7 Å². The molecule has 110 valence electrons. The molecule has 0 bridgehead atoms. The van der Waals surface area contributed by atoms with Gasteiger partial charge in [-0.25, -0.2) is 0 Å². The van der Waals surface area contributed by atoms with Crippen LogP contribution in [0.3, 0.4) is 0 Å². The van der Waals surface area contributed by atoms with E-state index in [0.29, 0.717) is 18.7 Å². The molecular weight excluding hydrogens is 260 g/mol. The van der Waals surface area contributed by atoms with Crippen LogP contribution in [0.4, 0.5) is 0 Å². The zero-order valence-electron chi connectivity index (χ0n) is 12.0. The van der Waals surface area contributed by atoms with Crippen molar-refractivity contribution in [3.05, 3.63) is 17.0 Å². The minimum atomic E-state index is -0.827. The van der Waals surface area contributed by atoms with Crippen LogP contribution in [0, 0.1) is 19.8 Å². The van der Waals surface area contributed by atoms with E-state index >= 15 is 0 Å². The molecule has 0 saturated carbocycles. The number of nitrogens with zero attached hydrogens (tertiary/aromatic N) is 2. The second kappa shape index (κ2) is 5.64. The summed E-state index contributed by atoms with van der Waals surface area (Å²) in [6, 6.07) is -0.269. The molecule has 1 N–H and O–H groups in total. The first-order valence-corrected chi connectivity index (χ1v) is 6.85. The SMILES string of the molecule is Cc1noc(C)c1CC(=O)N1CCC[C@@H](C(=O)O)[C@H]1C. The minimum Gasteiger partial charge on any atom is -0.481 e. The third kappa shape index (κ3) is 2.69. The minimum absolute atomic E-state index is 0.0575. The van der Waals surface area contributed by atoms with E-state index in [1.165, 1.54) is 0 Å². The Labute approximate surface area is 117 Å². The van der Waals surface area contributed by atoms with Gasteiger partial charge in [0.05, 0.1) is 18.0 Å². The van der Waals surface area contributed by atoms with Gasteiger partial charge in [-0.15, -0.1) is 0 Å². The van der Waals surface area contributed by atoms with Gasteiger partial charge in [-0.3, -0.25) is 9.59 Å². The van der Waals surface area contributed by atoms with Crippen LogP contribution >= 0.6 is 0 Å². The van der Waals surface area contributed by atoms with E-state index in [-0.39, 0.29) is 18.4 Å². The molecule has 2 heterocycles. The molecule has 0 radical (unpaired) electrons. The van der Waals surface area contributed by atoms with Crippen molar-refractivity contribution in [1.29, 1.82) is 0 Å². The van der Waals surface area contributed by atoms with Gasteiger partial charge >= 0.3 is 5.97 Å². The molecule has 1 amide bonds. The first-order chi connectivity index (χ1) is 9.41. The highest BCUT2D eigenvalue weighted by Crippen LogP contribution is 2.25. The summed E-state index contributed by atoms with van der Waals surface area (Å²) in [6.45, 7) is 6.01. The number of likely N-dealkylation sites (tertiary alicyclic amines) is 1. The zero-order valence-corrected chi connectivity index (χ0v) is 12.0. The van der Waals surface area contributed by atoms with E-state index in [1.807, 2.05) is 6.92 Å². The molecule has 0 aliphatic carbocycles. The summed E-state index contributed by atoms with van der Waals surface area (Å²) in [5, 5.41) is 13.0. The van der Waals surface area contributed by atoms with Gasteiger partial charge in [0, 0.05) is 18.2 Å². The Balaban J connectivity index is 2.11. The highest BCUT2D eigenvalue weighted by Gasteiger charge is 2.35. The van der Waals surface area contributed by atoms with Crippen LogP contribution in [0.15, 0.2) is 4.52 Å². The lowest BCUT2D eigenvalue weighted by atomic mass is 9.90. The second-order valence-corrected chi connectivity index (χ2v) is 5.39. The van der Waals surface area contributed by atoms with Gasteiger partial charge < -0.3 is 14.5 Å². The van der Waals surface area contributed by atoms with E-state index in [1.54, 1.807) is 18.7 Å². The van der Waals surface area contributed by atoms with Crippen molar-refractivity contribution in [2.45, 2.75) is 46.1 Å². The Hall–Kier alpha value is -1.85. The van der Waals surface area contributed by atoms with Gasteiger partial charge in [0.15, 0.2) is 0 Å². The molecule has 0 spiro atoms. The summed E-state index contributed by atoms with van der Waals surface area (Å²) in [5.41, 5.74) is 1.52. The third-order valence-corrected chi connectivity index (χ3v) is 4.13. The fourth-order valence-electron chi connectivity index (χ4n) is 2.83. The monoisotopic (exact) mass is 280 g/mol. The molecule has 1 saturated heterocycles. The maximum Gasteiger partial charge on any atom is 0.308 e. The molecule has 1 aliphatic heterocycles. The Morgan fingerprint density at radius 3 is 2.70 bits per heavy atom. The van der Waals surface area contributed by atoms with Crippen molar-refractivity contribution in [2.75, 3.05) is 6.54 Å². The van der Waals surface area contributed by atoms with Crippen LogP contribution in [-0.2, 0) is 16.0 Å². The van der Waals surface area contributed by atoms with Gasteiger partial charge in [0.1, 0.15) is 5.76 Å². The lowest BCUT2D eigenvalue weighted by Crippen LogP contribution is -2.49. The molecule has 1 fully saturated rings. The van der Waals surface area contributed by atoms with E-state index in [9.17, 15) is 14.7 Å². The first kappa shape index (κ1) is 14.6. The smallest absolute Gasteiger partial charge is 0.308 e. The van der Waals surface area contributed by atoms with Gasteiger partial charge in [-0.2, -0.15) is 0 Å². The number of aromatic nitrogens is 1. The molecular formula is C14H20N2O4. The van der Waals surface area contributed by atoms with Crippen LogP contribution in [0.1, 0.15) is 36.8 Å². The normalized spacial score (nSPS) is 22.9. The summed E-state index contributed by atoms with van der Waals surface area (Å²) in [4.78, 5) is 25.3. The second-order valence-electron chi connectivity index (χ2n) is 5.39. The largest absolute Gasteiger partial charge is 0.481 e. The van der Waals surface area contributed by atoms with Gasteiger partial charge in [-0.05, 0) is 33.6 Å². The van der Waals surface area contributed by atoms with Crippen molar-refractivity contribution < 1.29 is 19.2 Å². The topological polar surface area (TPSA) is 83.6 Å². The van der Waals surface area contributed by atoms with Gasteiger partial charge in [0.25, 0.3) is 0 Å². The quantitative estimate of drug-likeness (QED) is 0.908. The number of aryl methyl sites for hydroxylation is 2. The fraction of sp³-hybridized carbons (Fsp3) is 0.643. The number of carboxylic acid groups (broad SMARTS) is 1. The maximum atomic E-state index is 12.4. The summed E-state index contributed by atoms with van der Waals surface area (Å²) >= 11 is 0. The summed E-state index contributed by atoms with van der Waals surface area (Å²) in [7, 11) is 0. The standard InChI is InChI=1S/C14H20N2O4/c1-8-12(10(3)20-15-8)7-13(17)16-6-4-5-11(9(16)2)14(18)19/h9,11H,4-7H2,1-3H3,(H,18,19)/t9-,11-/m1/s1. The highest BCUT2D eigenvalue weighted by atomic mass is 16.5. The highest BCUT2D eigenvalue weighted by molar-refractivity contribution is 5.81. The maximum absolute atomic E-state index is 12.4. The number of rotatable bonds is 3. The molecule has 0 unspecified atom stereocenters. The molecule has 1 aliphatic rings. The molecule has 20 heavy (non-hydrogen) atoms. The van der Waals surface area contributed by atoms with Crippen LogP contribution < -0.4 is 0 Å². The number of hydrogen-bond acceptors (Lipinski definition) is 4. The fourth-order valence-corrected chi connectivity index (χ4v) is 2.83. The van der Waals surface area contributed by atoms with Crippen LogP contribution in [-0.4, -0.2) is 39.6 Å². The molecule has 6 nitrogen and oxygen atoms in total. The van der Waals surface area contributed by atoms with Crippen molar-refractivity contribution in [3.63, 3.8) is 0 Å². The Morgan fingerprint density at radius 2 is 2.15 bits per heavy atom. The van der Waals surface area contributed by atoms with E-state index in [2.05, 4.69) is 5.16 Å². The first-order valence-electron chi connectivity index (χ1n) is 6.85. The number of hydrogen-bond donors (Lipinski definition) is 1. The lowest BCUT2D eigenvalue weighted by Gasteiger charge is -2.37. The zero-order chi connectivity index (χ0) is 14.9. The van der Waals surface area contributed by atoms with Gasteiger partial charge in [-0.1, -0.05) is 5.16 Å². The number of amides is 1. The number of piperidine rings is 1. The summed E-state index contributed by atoms with van der Waals surface area (Å²) < 4.78 is 5.05. The lowest BCUT2D eigenvalue weighted by molar-refractivity contribution is -0.148. The predicted molar refractivity (Wildman–Crippen MR) is 71.2 cm³/mol. The van der Waals surface area contributed by atoms with Crippen LogP contribution in [0.25, 0.3) is 0 Å². The van der Waals surface area contributed by atoms with Crippen molar-refractivity contribution in [3.8, 4) is 0 Å². The molecule has 2 rings (SSSR count). The molecule has 1 aromatic rings. The number of aliphatic carboxylic acids is 1. The van der Waals surface area contributed by atoms with E-state index < -0.39 is 11.9 Å². The van der Waals surface area contributed by atoms with Gasteiger partial charge in [0.2, 0.25) is 5.91 Å². The van der Waals surface area contributed by atoms with Crippen molar-refractivity contribution >= 4 is 11.9 Å². The average molecular weight is 280 g/mol. The number of carbonyl (C=O) groups is 2. The summed E-state index contributed by atoms with van der Waals surface area (Å²) in [5.74, 6) is -0.710. The molecule has 6 heteroatoms. The van der Waals surface area contributed by atoms with Crippen LogP contribution in [0.5, 0.6) is 0 Å². The molecule has 1 aromatic heterocycles. The predicted octanol–water partition coefficient (Wildman–Crippen LogP) is 1.55. The van der Waals surface area contributed by atoms with Crippen molar-refractivity contribution in [1.82, 2.24) is 10.1 Å². The third-order valence-electron chi connectivity index (χ3n) is 4.13. The Kier molecular flexibility index (Phi) is 4.11. The van der Waals surface area contributed by atoms with Crippen LogP contribution in [0.2, 0.25) is 0 Å².